The molecule has 0 bridgehead atoms. The van der Waals surface area contributed by atoms with Gasteiger partial charge in [-0.05, 0) is 45.3 Å². The lowest BCUT2D eigenvalue weighted by Crippen LogP contribution is -2.29. The minimum absolute atomic E-state index is 0.177. The van der Waals surface area contributed by atoms with Crippen molar-refractivity contribution in [2.75, 3.05) is 18.4 Å². The van der Waals surface area contributed by atoms with Gasteiger partial charge in [0.2, 0.25) is 10.0 Å². The van der Waals surface area contributed by atoms with Crippen LogP contribution in [0.15, 0.2) is 100 Å². The molecule has 0 unspecified atom stereocenters. The molecule has 0 spiro atoms. The molecule has 0 saturated carbocycles. The van der Waals surface area contributed by atoms with E-state index in [1.165, 1.54) is 0 Å². The number of halogens is 2. The van der Waals surface area contributed by atoms with E-state index in [1.54, 1.807) is 22.8 Å². The molecule has 5 aromatic rings. The van der Waals surface area contributed by atoms with Crippen LogP contribution in [0.3, 0.4) is 0 Å². The van der Waals surface area contributed by atoms with E-state index in [2.05, 4.69) is 36.1 Å². The molecule has 0 amide bonds. The zero-order valence-corrected chi connectivity index (χ0v) is 22.1. The zero-order valence-electron chi connectivity index (χ0n) is 18.9. The second-order valence-electron chi connectivity index (χ2n) is 7.95. The van der Waals surface area contributed by atoms with Gasteiger partial charge in [-0.1, -0.05) is 72.3 Å². The second-order valence-corrected chi connectivity index (χ2v) is 11.0. The third kappa shape index (κ3) is 5.15. The van der Waals surface area contributed by atoms with Gasteiger partial charge in [0.15, 0.2) is 5.65 Å². The first-order valence-electron chi connectivity index (χ1n) is 11.1. The van der Waals surface area contributed by atoms with Crippen molar-refractivity contribution >= 4 is 49.0 Å². The summed E-state index contributed by atoms with van der Waals surface area (Å²) in [5.74, 6) is 0.659. The Morgan fingerprint density at radius 1 is 0.889 bits per heavy atom. The molecule has 0 aliphatic carbocycles. The number of rotatable bonds is 8. The Morgan fingerprint density at radius 2 is 1.58 bits per heavy atom. The van der Waals surface area contributed by atoms with E-state index in [9.17, 15) is 8.42 Å². The molecule has 0 radical (unpaired) electrons. The number of anilines is 1. The lowest BCUT2D eigenvalue weighted by molar-refractivity contribution is 0.583. The number of aromatic nitrogens is 3. The van der Waals surface area contributed by atoms with Crippen molar-refractivity contribution in [3.63, 3.8) is 0 Å². The van der Waals surface area contributed by atoms with Gasteiger partial charge in [0.05, 0.1) is 21.3 Å². The second kappa shape index (κ2) is 10.4. The molecule has 0 atom stereocenters. The minimum atomic E-state index is -3.66. The molecule has 182 valence electrons. The van der Waals surface area contributed by atoms with Crippen LogP contribution in [0, 0.1) is 0 Å². The van der Waals surface area contributed by atoms with Crippen LogP contribution < -0.4 is 10.0 Å². The summed E-state index contributed by atoms with van der Waals surface area (Å²) in [4.78, 5) is 4.89. The smallest absolute Gasteiger partial charge is 0.240 e. The first kappa shape index (κ1) is 24.5. The molecule has 2 aromatic heterocycles. The first-order valence-corrected chi connectivity index (χ1v) is 13.8. The summed E-state index contributed by atoms with van der Waals surface area (Å²) < 4.78 is 30.6. The normalized spacial score (nSPS) is 11.6. The molecule has 2 heterocycles. The molecular formula is C26H21BrClN5O2S. The summed E-state index contributed by atoms with van der Waals surface area (Å²) in [5, 5.41) is 8.20. The molecule has 0 saturated heterocycles. The van der Waals surface area contributed by atoms with Gasteiger partial charge in [-0.15, -0.1) is 0 Å². The van der Waals surface area contributed by atoms with Crippen LogP contribution in [0.4, 0.5) is 5.82 Å². The highest BCUT2D eigenvalue weighted by molar-refractivity contribution is 9.10. The maximum atomic E-state index is 12.8. The van der Waals surface area contributed by atoms with Crippen LogP contribution in [0.1, 0.15) is 0 Å². The highest BCUT2D eigenvalue weighted by Gasteiger charge is 2.15. The van der Waals surface area contributed by atoms with Gasteiger partial charge in [-0.2, -0.15) is 9.61 Å². The Kier molecular flexibility index (Phi) is 7.06. The van der Waals surface area contributed by atoms with E-state index < -0.39 is 10.0 Å². The lowest BCUT2D eigenvalue weighted by Gasteiger charge is -2.12. The van der Waals surface area contributed by atoms with Crippen molar-refractivity contribution in [3.05, 3.63) is 101 Å². The molecule has 0 aliphatic rings. The van der Waals surface area contributed by atoms with E-state index in [0.29, 0.717) is 28.7 Å². The van der Waals surface area contributed by atoms with Crippen LogP contribution in [0.5, 0.6) is 0 Å². The zero-order chi connectivity index (χ0) is 25.1. The van der Waals surface area contributed by atoms with E-state index in [1.807, 2.05) is 72.8 Å². The molecule has 10 heteroatoms. The fraction of sp³-hybridized carbons (Fsp3) is 0.0769. The predicted molar refractivity (Wildman–Crippen MR) is 147 cm³/mol. The topological polar surface area (TPSA) is 88.4 Å². The van der Waals surface area contributed by atoms with Gasteiger partial charge < -0.3 is 5.32 Å². The van der Waals surface area contributed by atoms with Crippen molar-refractivity contribution in [1.29, 1.82) is 0 Å². The minimum Gasteiger partial charge on any atom is -0.369 e. The van der Waals surface area contributed by atoms with Gasteiger partial charge in [-0.25, -0.2) is 18.1 Å². The van der Waals surface area contributed by atoms with Gasteiger partial charge >= 0.3 is 0 Å². The number of sulfonamides is 1. The Balaban J connectivity index is 1.29. The average molecular weight is 583 g/mol. The molecule has 0 aliphatic heterocycles. The third-order valence-corrected chi connectivity index (χ3v) is 7.94. The molecule has 2 N–H and O–H groups in total. The van der Waals surface area contributed by atoms with Crippen LogP contribution in [0.25, 0.3) is 28.0 Å². The van der Waals surface area contributed by atoms with E-state index in [0.717, 1.165) is 21.2 Å². The number of hydrogen-bond acceptors (Lipinski definition) is 5. The number of benzene rings is 3. The fourth-order valence-electron chi connectivity index (χ4n) is 3.79. The Labute approximate surface area is 222 Å². The van der Waals surface area contributed by atoms with Crippen molar-refractivity contribution < 1.29 is 8.42 Å². The van der Waals surface area contributed by atoms with E-state index in [4.69, 9.17) is 11.6 Å². The predicted octanol–water partition coefficient (Wildman–Crippen LogP) is 5.87. The summed E-state index contributed by atoms with van der Waals surface area (Å²) >= 11 is 9.87. The summed E-state index contributed by atoms with van der Waals surface area (Å²) in [7, 11) is -3.66. The Hall–Kier alpha value is -3.24. The standard InChI is InChI=1S/C26H21BrClN5O2S/c27-22-17-30-33-25(16-24(32-26(22)33)21-8-4-5-9-23(21)28)29-14-15-31-36(34,35)20-12-10-19(11-13-20)18-6-2-1-3-7-18/h1-13,16-17,29,31H,14-15H2. The maximum Gasteiger partial charge on any atom is 0.240 e. The van der Waals surface area contributed by atoms with Gasteiger partial charge in [0, 0.05) is 29.7 Å². The van der Waals surface area contributed by atoms with E-state index in [-0.39, 0.29) is 11.4 Å². The quantitative estimate of drug-likeness (QED) is 0.224. The number of nitrogens with zero attached hydrogens (tertiary/aromatic N) is 3. The SMILES string of the molecule is O=S(=O)(NCCNc1cc(-c2ccccc2Cl)nc2c(Br)cnn12)c1ccc(-c2ccccc2)cc1. The fourth-order valence-corrected chi connectivity index (χ4v) is 5.40. The summed E-state index contributed by atoms with van der Waals surface area (Å²) in [5.41, 5.74) is 4.07. The van der Waals surface area contributed by atoms with Crippen molar-refractivity contribution in [1.82, 2.24) is 19.3 Å². The van der Waals surface area contributed by atoms with Gasteiger partial charge in [0.1, 0.15) is 5.82 Å². The van der Waals surface area contributed by atoms with Crippen LogP contribution in [0.2, 0.25) is 5.02 Å². The highest BCUT2D eigenvalue weighted by Crippen LogP contribution is 2.30. The number of fused-ring (bicyclic) bond motifs is 1. The number of hydrogen-bond donors (Lipinski definition) is 2. The first-order chi connectivity index (χ1) is 17.4. The van der Waals surface area contributed by atoms with E-state index >= 15 is 0 Å². The van der Waals surface area contributed by atoms with Gasteiger partial charge in [-0.3, -0.25) is 0 Å². The maximum absolute atomic E-state index is 12.8. The Bertz CT molecular complexity index is 1620. The molecule has 7 nitrogen and oxygen atoms in total. The van der Waals surface area contributed by atoms with Crippen LogP contribution in [-0.2, 0) is 10.0 Å². The van der Waals surface area contributed by atoms with Crippen molar-refractivity contribution in [2.45, 2.75) is 4.90 Å². The molecule has 5 rings (SSSR count). The molecule has 0 fully saturated rings. The van der Waals surface area contributed by atoms with Crippen molar-refractivity contribution in [2.24, 2.45) is 0 Å². The largest absolute Gasteiger partial charge is 0.369 e. The van der Waals surface area contributed by atoms with Crippen molar-refractivity contribution in [3.8, 4) is 22.4 Å². The monoisotopic (exact) mass is 581 g/mol. The third-order valence-electron chi connectivity index (χ3n) is 5.57. The summed E-state index contributed by atoms with van der Waals surface area (Å²) in [6, 6.07) is 25.9. The molecular weight excluding hydrogens is 562 g/mol. The summed E-state index contributed by atoms with van der Waals surface area (Å²) in [6.45, 7) is 0.510. The van der Waals surface area contributed by atoms with Gasteiger partial charge in [0.25, 0.3) is 0 Å². The van der Waals surface area contributed by atoms with Crippen LogP contribution >= 0.6 is 27.5 Å². The molecule has 36 heavy (non-hydrogen) atoms. The Morgan fingerprint density at radius 3 is 2.33 bits per heavy atom. The molecule has 3 aromatic carbocycles. The number of nitrogens with one attached hydrogen (secondary N) is 2. The lowest BCUT2D eigenvalue weighted by atomic mass is 10.1. The highest BCUT2D eigenvalue weighted by atomic mass is 79.9. The van der Waals surface area contributed by atoms with Crippen LogP contribution in [-0.4, -0.2) is 36.1 Å². The summed E-state index contributed by atoms with van der Waals surface area (Å²) in [6.07, 6.45) is 1.66. The average Bonchev–Trinajstić information content (AvgIpc) is 3.28.